The summed E-state index contributed by atoms with van der Waals surface area (Å²) in [6.07, 6.45) is 23.7. The van der Waals surface area contributed by atoms with Crippen LogP contribution in [0.1, 0.15) is 129 Å². The maximum absolute atomic E-state index is 11.2. The van der Waals surface area contributed by atoms with Gasteiger partial charge in [0, 0.05) is 13.2 Å². The molecule has 0 radical (unpaired) electrons. The van der Waals surface area contributed by atoms with Gasteiger partial charge >= 0.3 is 0 Å². The molecule has 0 saturated heterocycles. The van der Waals surface area contributed by atoms with Gasteiger partial charge in [0.25, 0.3) is 10.1 Å². The second-order valence-electron chi connectivity index (χ2n) is 8.49. The molecule has 182 valence electrons. The van der Waals surface area contributed by atoms with Gasteiger partial charge in [-0.05, 0) is 13.3 Å². The van der Waals surface area contributed by atoms with Crippen LogP contribution >= 0.6 is 0 Å². The lowest BCUT2D eigenvalue weighted by Crippen LogP contribution is -2.29. The zero-order valence-electron chi connectivity index (χ0n) is 19.9. The van der Waals surface area contributed by atoms with Gasteiger partial charge < -0.3 is 9.47 Å². The van der Waals surface area contributed by atoms with Gasteiger partial charge in [0.15, 0.2) is 0 Å². The van der Waals surface area contributed by atoms with Crippen molar-refractivity contribution < 1.29 is 22.4 Å². The lowest BCUT2D eigenvalue weighted by molar-refractivity contribution is 0.0230. The molecule has 0 spiro atoms. The normalized spacial score (nSPS) is 13.0. The summed E-state index contributed by atoms with van der Waals surface area (Å²) in [4.78, 5) is 0. The first-order valence-corrected chi connectivity index (χ1v) is 14.2. The van der Waals surface area contributed by atoms with E-state index in [0.717, 1.165) is 19.3 Å². The van der Waals surface area contributed by atoms with Crippen LogP contribution in [-0.4, -0.2) is 38.2 Å². The van der Waals surface area contributed by atoms with E-state index >= 15 is 0 Å². The lowest BCUT2D eigenvalue weighted by atomic mass is 10.0. The number of ether oxygens (including phenoxy) is 2. The van der Waals surface area contributed by atoms with Gasteiger partial charge in [0.05, 0.1) is 6.61 Å². The van der Waals surface area contributed by atoms with Crippen molar-refractivity contribution in [3.8, 4) is 0 Å². The molecule has 30 heavy (non-hydrogen) atoms. The molecule has 0 aromatic carbocycles. The monoisotopic (exact) mass is 450 g/mol. The molecular weight excluding hydrogens is 400 g/mol. The molecule has 0 aliphatic rings. The van der Waals surface area contributed by atoms with Gasteiger partial charge in [-0.15, -0.1) is 0 Å². The van der Waals surface area contributed by atoms with Crippen molar-refractivity contribution in [2.45, 2.75) is 135 Å². The highest BCUT2D eigenvalue weighted by Gasteiger charge is 2.23. The first-order valence-electron chi connectivity index (χ1n) is 12.7. The standard InChI is InChI=1S/C24H50O5S/c1-3-5-6-7-8-9-10-11-12-13-14-15-16-17-18-19-20-21-22-29-24(23-28-4-2)30(25,26)27/h24H,3-23H2,1-2H3,(H,25,26,27). The van der Waals surface area contributed by atoms with Crippen LogP contribution in [0.2, 0.25) is 0 Å². The Morgan fingerprint density at radius 2 is 1.00 bits per heavy atom. The molecule has 1 N–H and O–H groups in total. The summed E-state index contributed by atoms with van der Waals surface area (Å²) in [5.74, 6) is 0. The molecule has 0 rings (SSSR count). The molecule has 0 saturated carbocycles. The Balaban J connectivity index is 3.29. The fourth-order valence-electron chi connectivity index (χ4n) is 3.65. The summed E-state index contributed by atoms with van der Waals surface area (Å²) < 4.78 is 41.9. The number of hydrogen-bond acceptors (Lipinski definition) is 4. The highest BCUT2D eigenvalue weighted by Crippen LogP contribution is 2.14. The van der Waals surface area contributed by atoms with Crippen LogP contribution < -0.4 is 0 Å². The molecule has 0 amide bonds. The van der Waals surface area contributed by atoms with Crippen LogP contribution in [0.5, 0.6) is 0 Å². The third-order valence-corrected chi connectivity index (χ3v) is 6.53. The lowest BCUT2D eigenvalue weighted by Gasteiger charge is -2.14. The van der Waals surface area contributed by atoms with Crippen LogP contribution in [-0.2, 0) is 19.6 Å². The van der Waals surface area contributed by atoms with E-state index < -0.39 is 15.6 Å². The zero-order chi connectivity index (χ0) is 22.3. The van der Waals surface area contributed by atoms with Crippen molar-refractivity contribution in [2.75, 3.05) is 19.8 Å². The topological polar surface area (TPSA) is 72.8 Å². The van der Waals surface area contributed by atoms with Crippen molar-refractivity contribution in [1.29, 1.82) is 0 Å². The molecule has 0 fully saturated rings. The molecule has 0 aromatic rings. The molecular formula is C24H50O5S. The van der Waals surface area contributed by atoms with Crippen molar-refractivity contribution in [2.24, 2.45) is 0 Å². The van der Waals surface area contributed by atoms with Crippen molar-refractivity contribution in [3.05, 3.63) is 0 Å². The number of unbranched alkanes of at least 4 members (excludes halogenated alkanes) is 17. The fraction of sp³-hybridized carbons (Fsp3) is 1.00. The summed E-state index contributed by atoms with van der Waals surface area (Å²) in [5, 5.41) is 0. The Bertz CT molecular complexity index is 439. The largest absolute Gasteiger partial charge is 0.378 e. The first-order chi connectivity index (χ1) is 14.5. The van der Waals surface area contributed by atoms with E-state index in [4.69, 9.17) is 14.0 Å². The van der Waals surface area contributed by atoms with E-state index in [0.29, 0.717) is 13.2 Å². The van der Waals surface area contributed by atoms with E-state index in [-0.39, 0.29) is 6.61 Å². The number of rotatable bonds is 24. The molecule has 6 heteroatoms. The minimum absolute atomic E-state index is 0.117. The maximum Gasteiger partial charge on any atom is 0.294 e. The fourth-order valence-corrected chi connectivity index (χ4v) is 4.19. The van der Waals surface area contributed by atoms with Crippen LogP contribution in [0.4, 0.5) is 0 Å². The smallest absolute Gasteiger partial charge is 0.294 e. The van der Waals surface area contributed by atoms with E-state index in [2.05, 4.69) is 6.92 Å². The Hall–Kier alpha value is -0.170. The minimum atomic E-state index is -4.21. The molecule has 0 aliphatic carbocycles. The molecule has 0 aromatic heterocycles. The van der Waals surface area contributed by atoms with Gasteiger partial charge in [-0.1, -0.05) is 116 Å². The van der Waals surface area contributed by atoms with Crippen LogP contribution in [0.3, 0.4) is 0 Å². The van der Waals surface area contributed by atoms with Crippen LogP contribution in [0.25, 0.3) is 0 Å². The third kappa shape index (κ3) is 21.1. The summed E-state index contributed by atoms with van der Waals surface area (Å²) in [6.45, 7) is 4.67. The Kier molecular flexibility index (Phi) is 21.9. The second-order valence-corrected chi connectivity index (χ2v) is 10.0. The molecule has 1 atom stereocenters. The van der Waals surface area contributed by atoms with E-state index in [9.17, 15) is 8.42 Å². The quantitative estimate of drug-likeness (QED) is 0.123. The third-order valence-electron chi connectivity index (χ3n) is 5.59. The molecule has 0 aliphatic heterocycles. The number of hydrogen-bond donors (Lipinski definition) is 1. The summed E-state index contributed by atoms with van der Waals surface area (Å²) >= 11 is 0. The summed E-state index contributed by atoms with van der Waals surface area (Å²) in [6, 6.07) is 0. The zero-order valence-corrected chi connectivity index (χ0v) is 20.7. The average molecular weight is 451 g/mol. The van der Waals surface area contributed by atoms with Crippen molar-refractivity contribution >= 4 is 10.1 Å². The van der Waals surface area contributed by atoms with Crippen LogP contribution in [0.15, 0.2) is 0 Å². The summed E-state index contributed by atoms with van der Waals surface area (Å²) in [5.41, 5.74) is -1.26. The van der Waals surface area contributed by atoms with Crippen LogP contribution in [0, 0.1) is 0 Å². The Morgan fingerprint density at radius 1 is 0.633 bits per heavy atom. The van der Waals surface area contributed by atoms with E-state index in [1.165, 1.54) is 96.3 Å². The predicted molar refractivity (Wildman–Crippen MR) is 127 cm³/mol. The van der Waals surface area contributed by atoms with E-state index in [1.54, 1.807) is 6.92 Å². The Morgan fingerprint density at radius 3 is 1.33 bits per heavy atom. The van der Waals surface area contributed by atoms with E-state index in [1.807, 2.05) is 0 Å². The summed E-state index contributed by atoms with van der Waals surface area (Å²) in [7, 11) is -4.21. The second kappa shape index (κ2) is 22.0. The molecule has 0 heterocycles. The Labute approximate surface area is 187 Å². The first kappa shape index (κ1) is 29.8. The maximum atomic E-state index is 11.2. The van der Waals surface area contributed by atoms with Crippen molar-refractivity contribution in [1.82, 2.24) is 0 Å². The van der Waals surface area contributed by atoms with Gasteiger partial charge in [-0.2, -0.15) is 8.42 Å². The van der Waals surface area contributed by atoms with Gasteiger partial charge in [0.1, 0.15) is 0 Å². The predicted octanol–water partition coefficient (Wildman–Crippen LogP) is 7.30. The van der Waals surface area contributed by atoms with Gasteiger partial charge in [-0.25, -0.2) is 0 Å². The molecule has 5 nitrogen and oxygen atoms in total. The SMILES string of the molecule is CCCCCCCCCCCCCCCCCCCCOC(COCC)S(=O)(=O)O. The molecule has 0 bridgehead atoms. The highest BCUT2D eigenvalue weighted by atomic mass is 32.2. The van der Waals surface area contributed by atoms with Gasteiger partial charge in [-0.3, -0.25) is 4.55 Å². The molecule has 1 unspecified atom stereocenters. The van der Waals surface area contributed by atoms with Gasteiger partial charge in [0.2, 0.25) is 5.44 Å². The van der Waals surface area contributed by atoms with Crippen molar-refractivity contribution in [3.63, 3.8) is 0 Å². The minimum Gasteiger partial charge on any atom is -0.378 e. The highest BCUT2D eigenvalue weighted by molar-refractivity contribution is 7.86. The average Bonchev–Trinajstić information content (AvgIpc) is 2.71.